The zero-order valence-corrected chi connectivity index (χ0v) is 20.6. The van der Waals surface area contributed by atoms with Gasteiger partial charge in [0, 0.05) is 33.6 Å². The number of anilines is 1. The van der Waals surface area contributed by atoms with Crippen LogP contribution in [0.2, 0.25) is 0 Å². The summed E-state index contributed by atoms with van der Waals surface area (Å²) in [6.07, 6.45) is -0.519. The van der Waals surface area contributed by atoms with Crippen LogP contribution in [0.1, 0.15) is 24.2 Å². The van der Waals surface area contributed by atoms with Gasteiger partial charge in [0.1, 0.15) is 6.10 Å². The molecular formula is C24H33N3O5S. The number of carbonyl (C=O) groups excluding carboxylic acids is 1. The van der Waals surface area contributed by atoms with E-state index in [2.05, 4.69) is 0 Å². The van der Waals surface area contributed by atoms with Crippen LogP contribution in [0.3, 0.4) is 0 Å². The lowest BCUT2D eigenvalue weighted by Gasteiger charge is -2.38. The van der Waals surface area contributed by atoms with Crippen LogP contribution in [0.4, 0.5) is 5.69 Å². The number of nitrogens with zero attached hydrogens (tertiary/aromatic N) is 3. The lowest BCUT2D eigenvalue weighted by Crippen LogP contribution is -2.50. The molecule has 3 atom stereocenters. The standard InChI is InChI=1S/C24H33N3O5S/c1-17-14-27(18(2)16-28)24(29)20-12-9-13-21(25(3)4)23(20)32-22(17)15-26(5)33(30,31)19-10-7-6-8-11-19/h6-13,17-18,22,28H,14-16H2,1-5H3/t17-,18-,22+/m1/s1. The van der Waals surface area contributed by atoms with Gasteiger partial charge in [0.2, 0.25) is 10.0 Å². The van der Waals surface area contributed by atoms with Gasteiger partial charge in [0.25, 0.3) is 5.91 Å². The van der Waals surface area contributed by atoms with E-state index < -0.39 is 16.1 Å². The van der Waals surface area contributed by atoms with Gasteiger partial charge in [0.05, 0.1) is 35.3 Å². The fraction of sp³-hybridized carbons (Fsp3) is 0.458. The van der Waals surface area contributed by atoms with E-state index in [9.17, 15) is 18.3 Å². The van der Waals surface area contributed by atoms with Crippen LogP contribution in [0.25, 0.3) is 0 Å². The van der Waals surface area contributed by atoms with E-state index in [1.807, 2.05) is 32.0 Å². The van der Waals surface area contributed by atoms with Gasteiger partial charge in [-0.1, -0.05) is 31.2 Å². The number of hydrogen-bond donors (Lipinski definition) is 1. The van der Waals surface area contributed by atoms with Gasteiger partial charge in [-0.3, -0.25) is 4.79 Å². The number of aliphatic hydroxyl groups excluding tert-OH is 1. The first kappa shape index (κ1) is 25.0. The Labute approximate surface area is 196 Å². The summed E-state index contributed by atoms with van der Waals surface area (Å²) in [5, 5.41) is 9.77. The first-order chi connectivity index (χ1) is 15.6. The monoisotopic (exact) mass is 475 g/mol. The van der Waals surface area contributed by atoms with Crippen molar-refractivity contribution in [3.05, 3.63) is 54.1 Å². The maximum Gasteiger partial charge on any atom is 0.258 e. The van der Waals surface area contributed by atoms with Gasteiger partial charge >= 0.3 is 0 Å². The Kier molecular flexibility index (Phi) is 7.66. The van der Waals surface area contributed by atoms with E-state index in [-0.39, 0.29) is 35.9 Å². The number of para-hydroxylation sites is 1. The highest BCUT2D eigenvalue weighted by Gasteiger charge is 2.36. The molecule has 0 unspecified atom stereocenters. The molecule has 0 bridgehead atoms. The zero-order chi connectivity index (χ0) is 24.3. The molecule has 1 aliphatic heterocycles. The normalized spacial score (nSPS) is 20.0. The third-order valence-electron chi connectivity index (χ3n) is 6.04. The van der Waals surface area contributed by atoms with Crippen molar-refractivity contribution in [1.29, 1.82) is 0 Å². The molecule has 1 heterocycles. The number of rotatable bonds is 7. The molecule has 33 heavy (non-hydrogen) atoms. The van der Waals surface area contributed by atoms with Crippen molar-refractivity contribution in [3.63, 3.8) is 0 Å². The predicted molar refractivity (Wildman–Crippen MR) is 128 cm³/mol. The van der Waals surface area contributed by atoms with Gasteiger partial charge < -0.3 is 19.6 Å². The van der Waals surface area contributed by atoms with E-state index in [0.29, 0.717) is 17.9 Å². The fourth-order valence-electron chi connectivity index (χ4n) is 3.92. The third-order valence-corrected chi connectivity index (χ3v) is 7.88. The van der Waals surface area contributed by atoms with Crippen molar-refractivity contribution in [3.8, 4) is 5.75 Å². The molecule has 1 amide bonds. The number of aliphatic hydroxyl groups is 1. The average Bonchev–Trinajstić information content (AvgIpc) is 2.80. The molecule has 8 nitrogen and oxygen atoms in total. The molecule has 0 radical (unpaired) electrons. The van der Waals surface area contributed by atoms with Crippen LogP contribution in [-0.4, -0.2) is 81.6 Å². The Hall–Kier alpha value is -2.62. The molecule has 0 aromatic heterocycles. The minimum absolute atomic E-state index is 0.106. The highest BCUT2D eigenvalue weighted by atomic mass is 32.2. The molecule has 1 N–H and O–H groups in total. The Morgan fingerprint density at radius 1 is 1.12 bits per heavy atom. The lowest BCUT2D eigenvalue weighted by atomic mass is 9.99. The molecule has 1 aliphatic rings. The van der Waals surface area contributed by atoms with Crippen molar-refractivity contribution in [2.45, 2.75) is 30.9 Å². The van der Waals surface area contributed by atoms with Crippen LogP contribution in [0.5, 0.6) is 5.75 Å². The number of fused-ring (bicyclic) bond motifs is 1. The predicted octanol–water partition coefficient (Wildman–Crippen LogP) is 2.29. The second-order valence-corrected chi connectivity index (χ2v) is 10.8. The van der Waals surface area contributed by atoms with Crippen molar-refractivity contribution in [2.75, 3.05) is 45.7 Å². The van der Waals surface area contributed by atoms with Crippen LogP contribution in [-0.2, 0) is 10.0 Å². The second kappa shape index (κ2) is 10.1. The lowest BCUT2D eigenvalue weighted by molar-refractivity contribution is 0.0388. The Bertz CT molecular complexity index is 1070. The van der Waals surface area contributed by atoms with Crippen molar-refractivity contribution in [2.24, 2.45) is 5.92 Å². The maximum atomic E-state index is 13.4. The Morgan fingerprint density at radius 2 is 1.79 bits per heavy atom. The van der Waals surface area contributed by atoms with Crippen LogP contribution in [0, 0.1) is 5.92 Å². The van der Waals surface area contributed by atoms with Gasteiger partial charge in [-0.25, -0.2) is 8.42 Å². The largest absolute Gasteiger partial charge is 0.486 e. The summed E-state index contributed by atoms with van der Waals surface area (Å²) in [5.74, 6) is 0.00949. The van der Waals surface area contributed by atoms with E-state index >= 15 is 0 Å². The number of ether oxygens (including phenoxy) is 1. The van der Waals surface area contributed by atoms with Crippen molar-refractivity contribution >= 4 is 21.6 Å². The summed E-state index contributed by atoms with van der Waals surface area (Å²) in [7, 11) is 1.55. The molecule has 0 saturated carbocycles. The number of hydrogen-bond acceptors (Lipinski definition) is 6. The molecule has 180 valence electrons. The Balaban J connectivity index is 2.02. The molecule has 0 fully saturated rings. The smallest absolute Gasteiger partial charge is 0.258 e. The first-order valence-corrected chi connectivity index (χ1v) is 12.4. The number of amides is 1. The molecule has 9 heteroatoms. The van der Waals surface area contributed by atoms with Crippen LogP contribution >= 0.6 is 0 Å². The second-order valence-electron chi connectivity index (χ2n) is 8.77. The summed E-state index contributed by atoms with van der Waals surface area (Å²) >= 11 is 0. The number of benzene rings is 2. The zero-order valence-electron chi connectivity index (χ0n) is 19.8. The highest BCUT2D eigenvalue weighted by Crippen LogP contribution is 2.36. The average molecular weight is 476 g/mol. The van der Waals surface area contributed by atoms with Crippen molar-refractivity contribution in [1.82, 2.24) is 9.21 Å². The highest BCUT2D eigenvalue weighted by molar-refractivity contribution is 7.89. The van der Waals surface area contributed by atoms with Gasteiger partial charge in [-0.05, 0) is 31.2 Å². The third kappa shape index (κ3) is 5.15. The summed E-state index contributed by atoms with van der Waals surface area (Å²) in [4.78, 5) is 17.1. The van der Waals surface area contributed by atoms with Crippen molar-refractivity contribution < 1.29 is 23.1 Å². The molecular weight excluding hydrogens is 442 g/mol. The first-order valence-electron chi connectivity index (χ1n) is 11.0. The summed E-state index contributed by atoms with van der Waals surface area (Å²) in [6, 6.07) is 13.3. The number of likely N-dealkylation sites (N-methyl/N-ethyl adjacent to an activating group) is 1. The van der Waals surface area contributed by atoms with Gasteiger partial charge in [-0.2, -0.15) is 4.31 Å². The number of sulfonamides is 1. The summed E-state index contributed by atoms with van der Waals surface area (Å²) in [5.41, 5.74) is 1.12. The molecule has 0 saturated heterocycles. The van der Waals surface area contributed by atoms with Crippen LogP contribution < -0.4 is 9.64 Å². The van der Waals surface area contributed by atoms with E-state index in [0.717, 1.165) is 5.69 Å². The van der Waals surface area contributed by atoms with Gasteiger partial charge in [0.15, 0.2) is 5.75 Å². The van der Waals surface area contributed by atoms with Gasteiger partial charge in [-0.15, -0.1) is 0 Å². The van der Waals surface area contributed by atoms with E-state index in [1.54, 1.807) is 54.3 Å². The number of carbonyl (C=O) groups is 1. The summed E-state index contributed by atoms with van der Waals surface area (Å²) in [6.45, 7) is 3.99. The molecule has 2 aromatic rings. The molecule has 2 aromatic carbocycles. The molecule has 3 rings (SSSR count). The molecule has 0 aliphatic carbocycles. The minimum Gasteiger partial charge on any atom is -0.486 e. The van der Waals surface area contributed by atoms with E-state index in [4.69, 9.17) is 4.74 Å². The summed E-state index contributed by atoms with van der Waals surface area (Å²) < 4.78 is 34.0. The van der Waals surface area contributed by atoms with Crippen LogP contribution in [0.15, 0.2) is 53.4 Å². The fourth-order valence-corrected chi connectivity index (χ4v) is 5.13. The maximum absolute atomic E-state index is 13.4. The SMILES string of the molecule is C[C@@H]1CN([C@H](C)CO)C(=O)c2cccc(N(C)C)c2O[C@H]1CN(C)S(=O)(=O)c1ccccc1. The van der Waals surface area contributed by atoms with E-state index in [1.165, 1.54) is 11.4 Å². The molecule has 0 spiro atoms. The minimum atomic E-state index is -3.71. The topological polar surface area (TPSA) is 90.4 Å². The Morgan fingerprint density at radius 3 is 2.39 bits per heavy atom. The quantitative estimate of drug-likeness (QED) is 0.661.